The first-order valence-electron chi connectivity index (χ1n) is 6.63. The van der Waals surface area contributed by atoms with Gasteiger partial charge >= 0.3 is 0 Å². The number of hydrogen-bond donors (Lipinski definition) is 3. The minimum atomic E-state index is -0.217. The summed E-state index contributed by atoms with van der Waals surface area (Å²) in [7, 11) is 2.12. The molecule has 7 heteroatoms. The fourth-order valence-corrected chi connectivity index (χ4v) is 2.02. The highest BCUT2D eigenvalue weighted by Gasteiger charge is 2.14. The van der Waals surface area contributed by atoms with Crippen molar-refractivity contribution in [2.75, 3.05) is 25.5 Å². The summed E-state index contributed by atoms with van der Waals surface area (Å²) in [5.74, 6) is 0.351. The maximum atomic E-state index is 11.2. The molecule has 0 bridgehead atoms. The predicted octanol–water partition coefficient (Wildman–Crippen LogP) is 0.147. The second-order valence-electron chi connectivity index (χ2n) is 4.84. The highest BCUT2D eigenvalue weighted by molar-refractivity contribution is 5.82. The van der Waals surface area contributed by atoms with Crippen LogP contribution in [-0.2, 0) is 0 Å². The molecule has 20 heavy (non-hydrogen) atoms. The van der Waals surface area contributed by atoms with Crippen molar-refractivity contribution in [3.63, 3.8) is 0 Å². The molecule has 1 aliphatic heterocycles. The van der Waals surface area contributed by atoms with Gasteiger partial charge in [-0.15, -0.1) is 0 Å². The Morgan fingerprint density at radius 2 is 2.35 bits per heavy atom. The van der Waals surface area contributed by atoms with E-state index in [9.17, 15) is 4.79 Å². The van der Waals surface area contributed by atoms with E-state index in [0.29, 0.717) is 17.7 Å². The molecule has 0 radical (unpaired) electrons. The van der Waals surface area contributed by atoms with Crippen LogP contribution in [0.25, 0.3) is 0 Å². The number of nitrogens with two attached hydrogens (primary N) is 1. The lowest BCUT2D eigenvalue weighted by Gasteiger charge is -2.26. The third-order valence-electron chi connectivity index (χ3n) is 3.23. The number of hydrogen-bond acceptors (Lipinski definition) is 6. The van der Waals surface area contributed by atoms with Crippen LogP contribution in [0.15, 0.2) is 33.9 Å². The first-order valence-corrected chi connectivity index (χ1v) is 6.63. The summed E-state index contributed by atoms with van der Waals surface area (Å²) in [5, 5.41) is 2.93. The number of rotatable bonds is 4. The lowest BCUT2D eigenvalue weighted by molar-refractivity contribution is 0.257. The van der Waals surface area contributed by atoms with E-state index in [1.807, 2.05) is 0 Å². The molecule has 1 aromatic rings. The highest BCUT2D eigenvalue weighted by Crippen LogP contribution is 2.11. The molecule has 4 N–H and O–H groups in total. The first-order chi connectivity index (χ1) is 9.67. The summed E-state index contributed by atoms with van der Waals surface area (Å²) in [4.78, 5) is 24.6. The van der Waals surface area contributed by atoms with Crippen LogP contribution in [0.1, 0.15) is 12.8 Å². The van der Waals surface area contributed by atoms with Gasteiger partial charge in [0.05, 0.1) is 11.7 Å². The van der Waals surface area contributed by atoms with Gasteiger partial charge in [0.2, 0.25) is 5.95 Å². The second-order valence-corrected chi connectivity index (χ2v) is 4.84. The van der Waals surface area contributed by atoms with Gasteiger partial charge in [-0.25, -0.2) is 4.98 Å². The maximum Gasteiger partial charge on any atom is 0.252 e. The zero-order chi connectivity index (χ0) is 14.4. The lowest BCUT2D eigenvalue weighted by Crippen LogP contribution is -2.32. The molecule has 108 valence electrons. The zero-order valence-electron chi connectivity index (χ0n) is 11.5. The summed E-state index contributed by atoms with van der Waals surface area (Å²) in [5.41, 5.74) is 5.95. The number of nitrogens with one attached hydrogen (secondary N) is 2. The van der Waals surface area contributed by atoms with E-state index in [0.717, 1.165) is 25.9 Å². The Morgan fingerprint density at radius 3 is 3.00 bits per heavy atom. The van der Waals surface area contributed by atoms with Crippen molar-refractivity contribution < 1.29 is 0 Å². The molecule has 0 spiro atoms. The molecule has 7 nitrogen and oxygen atoms in total. The lowest BCUT2D eigenvalue weighted by atomic mass is 10.1. The average Bonchev–Trinajstić information content (AvgIpc) is 2.45. The Hall–Kier alpha value is -2.15. The largest absolute Gasteiger partial charge is 0.403 e. The summed E-state index contributed by atoms with van der Waals surface area (Å²) >= 11 is 0. The summed E-state index contributed by atoms with van der Waals surface area (Å²) < 4.78 is 0. The quantitative estimate of drug-likeness (QED) is 0.680. The van der Waals surface area contributed by atoms with Crippen molar-refractivity contribution in [2.45, 2.75) is 18.9 Å². The molecule has 1 saturated heterocycles. The van der Waals surface area contributed by atoms with Gasteiger partial charge in [-0.05, 0) is 33.0 Å². The van der Waals surface area contributed by atoms with Gasteiger partial charge in [0, 0.05) is 24.7 Å². The summed E-state index contributed by atoms with van der Waals surface area (Å²) in [6.07, 6.45) is 6.63. The van der Waals surface area contributed by atoms with Crippen molar-refractivity contribution in [3.8, 4) is 0 Å². The number of aliphatic imine (C=N–C) groups is 1. The standard InChI is InChI=1S/C13H20N6O/c1-19-6-3-10(4-7-19)16-9-11(8-14)17-13-15-5-2-12(20)18-13/h2,5,8-10H,3-4,6-7,14H2,1H3,(H2,15,17,18,20). The number of aromatic nitrogens is 2. The number of likely N-dealkylation sites (tertiary alicyclic amines) is 1. The third kappa shape index (κ3) is 4.20. The maximum absolute atomic E-state index is 11.2. The van der Waals surface area contributed by atoms with E-state index >= 15 is 0 Å². The van der Waals surface area contributed by atoms with E-state index < -0.39 is 0 Å². The average molecular weight is 276 g/mol. The third-order valence-corrected chi connectivity index (χ3v) is 3.23. The molecular weight excluding hydrogens is 256 g/mol. The topological polar surface area (TPSA) is 99.4 Å². The Kier molecular flexibility index (Phi) is 4.89. The van der Waals surface area contributed by atoms with Crippen molar-refractivity contribution in [3.05, 3.63) is 34.5 Å². The smallest absolute Gasteiger partial charge is 0.252 e. The molecular formula is C13H20N6O. The number of piperidine rings is 1. The molecule has 2 rings (SSSR count). The Morgan fingerprint density at radius 1 is 1.60 bits per heavy atom. The van der Waals surface area contributed by atoms with Crippen molar-refractivity contribution in [1.82, 2.24) is 14.9 Å². The number of allylic oxidation sites excluding steroid dienone is 1. The fourth-order valence-electron chi connectivity index (χ4n) is 2.02. The Labute approximate surface area is 117 Å². The molecule has 1 aliphatic rings. The Bertz CT molecular complexity index is 542. The van der Waals surface area contributed by atoms with E-state index in [2.05, 4.69) is 32.2 Å². The van der Waals surface area contributed by atoms with Crippen LogP contribution in [-0.4, -0.2) is 47.3 Å². The summed E-state index contributed by atoms with van der Waals surface area (Å²) in [6.45, 7) is 2.12. The fraction of sp³-hybridized carbons (Fsp3) is 0.462. The molecule has 0 aliphatic carbocycles. The molecule has 0 atom stereocenters. The SMILES string of the molecule is CN1CCC(N=CC(=CN)Nc2nccc(=O)[nH]2)CC1. The number of H-pyrrole nitrogens is 1. The monoisotopic (exact) mass is 276 g/mol. The Balaban J connectivity index is 1.94. The van der Waals surface area contributed by atoms with Crippen molar-refractivity contribution >= 4 is 12.2 Å². The van der Waals surface area contributed by atoms with Gasteiger partial charge in [0.1, 0.15) is 0 Å². The van der Waals surface area contributed by atoms with Crippen LogP contribution in [0.3, 0.4) is 0 Å². The number of nitrogens with zero attached hydrogens (tertiary/aromatic N) is 3. The number of anilines is 1. The normalized spacial score (nSPS) is 18.6. The van der Waals surface area contributed by atoms with Gasteiger partial charge in [-0.2, -0.15) is 0 Å². The van der Waals surface area contributed by atoms with Gasteiger partial charge < -0.3 is 16.0 Å². The number of aromatic amines is 1. The van der Waals surface area contributed by atoms with Crippen molar-refractivity contribution in [1.29, 1.82) is 0 Å². The predicted molar refractivity (Wildman–Crippen MR) is 79.8 cm³/mol. The van der Waals surface area contributed by atoms with Crippen LogP contribution in [0, 0.1) is 0 Å². The molecule has 1 fully saturated rings. The van der Waals surface area contributed by atoms with Crippen LogP contribution in [0.4, 0.5) is 5.95 Å². The van der Waals surface area contributed by atoms with Crippen LogP contribution < -0.4 is 16.6 Å². The van der Waals surface area contributed by atoms with Gasteiger partial charge in [0.25, 0.3) is 5.56 Å². The van der Waals surface area contributed by atoms with Gasteiger partial charge in [-0.3, -0.25) is 14.8 Å². The zero-order valence-corrected chi connectivity index (χ0v) is 11.5. The van der Waals surface area contributed by atoms with Crippen LogP contribution in [0.2, 0.25) is 0 Å². The van der Waals surface area contributed by atoms with Crippen molar-refractivity contribution in [2.24, 2.45) is 10.7 Å². The molecule has 0 aromatic carbocycles. The second kappa shape index (κ2) is 6.85. The van der Waals surface area contributed by atoms with E-state index in [1.54, 1.807) is 6.21 Å². The van der Waals surface area contributed by atoms with E-state index in [1.165, 1.54) is 18.5 Å². The van der Waals surface area contributed by atoms with Gasteiger partial charge in [0.15, 0.2) is 0 Å². The minimum absolute atomic E-state index is 0.217. The summed E-state index contributed by atoms with van der Waals surface area (Å²) in [6, 6.07) is 1.68. The molecule has 0 amide bonds. The van der Waals surface area contributed by atoms with E-state index in [4.69, 9.17) is 5.73 Å². The van der Waals surface area contributed by atoms with Crippen LogP contribution in [0.5, 0.6) is 0 Å². The minimum Gasteiger partial charge on any atom is -0.403 e. The van der Waals surface area contributed by atoms with Crippen LogP contribution >= 0.6 is 0 Å². The van der Waals surface area contributed by atoms with E-state index in [-0.39, 0.29) is 5.56 Å². The van der Waals surface area contributed by atoms with Gasteiger partial charge in [-0.1, -0.05) is 0 Å². The highest BCUT2D eigenvalue weighted by atomic mass is 16.1. The molecule has 2 heterocycles. The molecule has 0 unspecified atom stereocenters. The molecule has 0 saturated carbocycles. The molecule has 1 aromatic heterocycles. The first kappa shape index (κ1) is 14.3.